The Morgan fingerprint density at radius 2 is 2.40 bits per heavy atom. The highest BCUT2D eigenvalue weighted by Crippen LogP contribution is 2.25. The number of Topliss-reactive ketones (excluding diaryl/α,β-unsaturated/α-hetero) is 1. The van der Waals surface area contributed by atoms with Gasteiger partial charge in [-0.25, -0.2) is 0 Å². The van der Waals surface area contributed by atoms with Gasteiger partial charge >= 0.3 is 0 Å². The first-order valence-electron chi connectivity index (χ1n) is 5.31. The molecule has 0 amide bonds. The second-order valence-electron chi connectivity index (χ2n) is 3.62. The van der Waals surface area contributed by atoms with Crippen LogP contribution in [-0.4, -0.2) is 25.5 Å². The van der Waals surface area contributed by atoms with Crippen molar-refractivity contribution in [3.8, 4) is 5.75 Å². The topological polar surface area (TPSA) is 38.3 Å². The summed E-state index contributed by atoms with van der Waals surface area (Å²) in [6.45, 7) is 3.96. The zero-order valence-electron chi connectivity index (χ0n) is 8.88. The van der Waals surface area contributed by atoms with Gasteiger partial charge in [-0.15, -0.1) is 0 Å². The second kappa shape index (κ2) is 4.45. The molecule has 0 unspecified atom stereocenters. The van der Waals surface area contributed by atoms with E-state index in [1.165, 1.54) is 0 Å². The normalized spacial score (nSPS) is 13.4. The lowest BCUT2D eigenvalue weighted by atomic mass is 10.1. The fourth-order valence-electron chi connectivity index (χ4n) is 1.70. The van der Waals surface area contributed by atoms with E-state index in [0.717, 1.165) is 36.4 Å². The molecule has 0 spiro atoms. The number of likely N-dealkylation sites (N-methyl/N-ethyl adjacent to an activating group) is 1. The molecule has 80 valence electrons. The summed E-state index contributed by atoms with van der Waals surface area (Å²) >= 11 is 0. The molecule has 2 rings (SSSR count). The largest absolute Gasteiger partial charge is 0.493 e. The average Bonchev–Trinajstić information content (AvgIpc) is 2.72. The highest BCUT2D eigenvalue weighted by molar-refractivity contribution is 5.98. The van der Waals surface area contributed by atoms with Crippen LogP contribution in [0.3, 0.4) is 0 Å². The van der Waals surface area contributed by atoms with E-state index in [0.29, 0.717) is 6.54 Å². The van der Waals surface area contributed by atoms with E-state index < -0.39 is 0 Å². The number of nitrogens with one attached hydrogen (secondary N) is 1. The van der Waals surface area contributed by atoms with Gasteiger partial charge in [0, 0.05) is 12.0 Å². The third-order valence-corrected chi connectivity index (χ3v) is 2.55. The molecule has 0 aromatic heterocycles. The first-order valence-corrected chi connectivity index (χ1v) is 5.31. The summed E-state index contributed by atoms with van der Waals surface area (Å²) in [5.41, 5.74) is 1.93. The van der Waals surface area contributed by atoms with Gasteiger partial charge in [0.25, 0.3) is 0 Å². The molecule has 1 aromatic rings. The summed E-state index contributed by atoms with van der Waals surface area (Å²) in [5, 5.41) is 3.03. The second-order valence-corrected chi connectivity index (χ2v) is 3.62. The Morgan fingerprint density at radius 1 is 1.53 bits per heavy atom. The predicted octanol–water partition coefficient (Wildman–Crippen LogP) is 1.41. The van der Waals surface area contributed by atoms with Crippen LogP contribution in [0.1, 0.15) is 22.8 Å². The van der Waals surface area contributed by atoms with Crippen LogP contribution in [0, 0.1) is 0 Å². The fourth-order valence-corrected chi connectivity index (χ4v) is 1.70. The van der Waals surface area contributed by atoms with E-state index in [4.69, 9.17) is 4.74 Å². The van der Waals surface area contributed by atoms with E-state index in [2.05, 4.69) is 5.32 Å². The van der Waals surface area contributed by atoms with Crippen molar-refractivity contribution in [1.82, 2.24) is 5.32 Å². The molecule has 0 atom stereocenters. The zero-order chi connectivity index (χ0) is 10.7. The van der Waals surface area contributed by atoms with Crippen LogP contribution in [0.4, 0.5) is 0 Å². The Bertz CT molecular complexity index is 374. The maximum Gasteiger partial charge on any atom is 0.176 e. The number of ether oxygens (including phenoxy) is 1. The molecule has 1 N–H and O–H groups in total. The summed E-state index contributed by atoms with van der Waals surface area (Å²) in [6, 6.07) is 5.67. The number of hydrogen-bond acceptors (Lipinski definition) is 3. The minimum absolute atomic E-state index is 0.145. The van der Waals surface area contributed by atoms with Crippen molar-refractivity contribution in [2.75, 3.05) is 19.7 Å². The number of carbonyl (C=O) groups is 1. The molecule has 0 bridgehead atoms. The van der Waals surface area contributed by atoms with E-state index in [1.54, 1.807) is 0 Å². The van der Waals surface area contributed by atoms with E-state index in [1.807, 2.05) is 25.1 Å². The molecular formula is C12H15NO2. The van der Waals surface area contributed by atoms with Crippen LogP contribution >= 0.6 is 0 Å². The Morgan fingerprint density at radius 3 is 3.20 bits per heavy atom. The Kier molecular flexibility index (Phi) is 3.02. The third-order valence-electron chi connectivity index (χ3n) is 2.55. The predicted molar refractivity (Wildman–Crippen MR) is 58.5 cm³/mol. The van der Waals surface area contributed by atoms with Crippen LogP contribution in [-0.2, 0) is 6.42 Å². The highest BCUT2D eigenvalue weighted by atomic mass is 16.5. The molecule has 3 nitrogen and oxygen atoms in total. The average molecular weight is 205 g/mol. The standard InChI is InChI=1S/C12H15NO2/c1-2-13-8-11(14)9-3-4-12-10(7-9)5-6-15-12/h3-4,7,13H,2,5-6,8H2,1H3. The molecular weight excluding hydrogens is 190 g/mol. The maximum atomic E-state index is 11.7. The van der Waals surface area contributed by atoms with Crippen LogP contribution in [0.5, 0.6) is 5.75 Å². The third kappa shape index (κ3) is 2.18. The lowest BCUT2D eigenvalue weighted by Gasteiger charge is -2.03. The molecule has 1 heterocycles. The lowest BCUT2D eigenvalue weighted by Crippen LogP contribution is -2.22. The van der Waals surface area contributed by atoms with Gasteiger partial charge < -0.3 is 10.1 Å². The van der Waals surface area contributed by atoms with Crippen molar-refractivity contribution in [3.63, 3.8) is 0 Å². The number of rotatable bonds is 4. The van der Waals surface area contributed by atoms with Crippen molar-refractivity contribution in [2.24, 2.45) is 0 Å². The minimum atomic E-state index is 0.145. The Labute approximate surface area is 89.4 Å². The number of ketones is 1. The van der Waals surface area contributed by atoms with Gasteiger partial charge in [-0.2, -0.15) is 0 Å². The molecule has 0 saturated heterocycles. The van der Waals surface area contributed by atoms with Gasteiger partial charge in [-0.3, -0.25) is 4.79 Å². The van der Waals surface area contributed by atoms with Crippen molar-refractivity contribution in [1.29, 1.82) is 0 Å². The van der Waals surface area contributed by atoms with E-state index in [9.17, 15) is 4.79 Å². The van der Waals surface area contributed by atoms with Crippen molar-refractivity contribution in [3.05, 3.63) is 29.3 Å². The van der Waals surface area contributed by atoms with Crippen LogP contribution in [0.25, 0.3) is 0 Å². The van der Waals surface area contributed by atoms with Crippen LogP contribution < -0.4 is 10.1 Å². The van der Waals surface area contributed by atoms with Crippen molar-refractivity contribution >= 4 is 5.78 Å². The number of carbonyl (C=O) groups excluding carboxylic acids is 1. The zero-order valence-corrected chi connectivity index (χ0v) is 8.88. The maximum absolute atomic E-state index is 11.7. The van der Waals surface area contributed by atoms with Gasteiger partial charge in [-0.1, -0.05) is 6.92 Å². The molecule has 15 heavy (non-hydrogen) atoms. The summed E-state index contributed by atoms with van der Waals surface area (Å²) < 4.78 is 5.39. The first-order chi connectivity index (χ1) is 7.31. The van der Waals surface area contributed by atoms with Gasteiger partial charge in [0.1, 0.15) is 5.75 Å². The van der Waals surface area contributed by atoms with E-state index in [-0.39, 0.29) is 5.78 Å². The van der Waals surface area contributed by atoms with E-state index >= 15 is 0 Å². The fraction of sp³-hybridized carbons (Fsp3) is 0.417. The van der Waals surface area contributed by atoms with Gasteiger partial charge in [0.15, 0.2) is 5.78 Å². The van der Waals surface area contributed by atoms with Crippen LogP contribution in [0.15, 0.2) is 18.2 Å². The molecule has 1 aromatic carbocycles. The summed E-state index contributed by atoms with van der Waals surface area (Å²) in [5.74, 6) is 1.07. The number of fused-ring (bicyclic) bond motifs is 1. The quantitative estimate of drug-likeness (QED) is 0.755. The van der Waals surface area contributed by atoms with Crippen LogP contribution in [0.2, 0.25) is 0 Å². The molecule has 3 heteroatoms. The summed E-state index contributed by atoms with van der Waals surface area (Å²) in [7, 11) is 0. The van der Waals surface area contributed by atoms with Gasteiger partial charge in [0.2, 0.25) is 0 Å². The molecule has 0 fully saturated rings. The minimum Gasteiger partial charge on any atom is -0.493 e. The molecule has 0 saturated carbocycles. The SMILES string of the molecule is CCNCC(=O)c1ccc2c(c1)CCO2. The number of hydrogen-bond donors (Lipinski definition) is 1. The Balaban J connectivity index is 2.12. The monoisotopic (exact) mass is 205 g/mol. The summed E-state index contributed by atoms with van der Waals surface area (Å²) in [6.07, 6.45) is 0.914. The molecule has 1 aliphatic rings. The lowest BCUT2D eigenvalue weighted by molar-refractivity contribution is 0.0991. The number of benzene rings is 1. The molecule has 0 radical (unpaired) electrons. The molecule has 0 aliphatic carbocycles. The summed E-state index contributed by atoms with van der Waals surface area (Å²) in [4.78, 5) is 11.7. The highest BCUT2D eigenvalue weighted by Gasteiger charge is 2.14. The Hall–Kier alpha value is -1.35. The van der Waals surface area contributed by atoms with Gasteiger partial charge in [0.05, 0.1) is 13.2 Å². The molecule has 1 aliphatic heterocycles. The van der Waals surface area contributed by atoms with Crippen molar-refractivity contribution in [2.45, 2.75) is 13.3 Å². The smallest absolute Gasteiger partial charge is 0.176 e. The first kappa shape index (κ1) is 10.2. The van der Waals surface area contributed by atoms with Crippen molar-refractivity contribution < 1.29 is 9.53 Å². The van der Waals surface area contributed by atoms with Gasteiger partial charge in [-0.05, 0) is 30.3 Å².